The van der Waals surface area contributed by atoms with Crippen LogP contribution in [0.15, 0.2) is 36.5 Å². The highest BCUT2D eigenvalue weighted by Crippen LogP contribution is 2.26. The van der Waals surface area contributed by atoms with Crippen molar-refractivity contribution in [2.45, 2.75) is 58.2 Å². The fourth-order valence-corrected chi connectivity index (χ4v) is 4.06. The monoisotopic (exact) mass is 383 g/mol. The van der Waals surface area contributed by atoms with Crippen molar-refractivity contribution in [3.63, 3.8) is 0 Å². The number of hydrogen-bond donors (Lipinski definition) is 3. The predicted octanol–water partition coefficient (Wildman–Crippen LogP) is 3.13. The quantitative estimate of drug-likeness (QED) is 0.681. The Labute approximate surface area is 168 Å². The van der Waals surface area contributed by atoms with Crippen LogP contribution in [0.5, 0.6) is 0 Å². The molecule has 1 aliphatic heterocycles. The largest absolute Gasteiger partial charge is 0.383 e. The number of hydrogen-bond acceptors (Lipinski definition) is 6. The number of nitrogens with zero attached hydrogens (tertiary/aromatic N) is 3. The number of nitrogens with one attached hydrogen (secondary N) is 1. The van der Waals surface area contributed by atoms with Gasteiger partial charge in [-0.2, -0.15) is 0 Å². The number of anilines is 2. The average molecular weight is 384 g/mol. The molecule has 3 heterocycles. The van der Waals surface area contributed by atoms with Crippen molar-refractivity contribution in [2.75, 3.05) is 23.7 Å². The summed E-state index contributed by atoms with van der Waals surface area (Å²) >= 11 is 0. The number of piperazine rings is 1. The number of nitrogens with two attached hydrogens (primary N) is 1. The summed E-state index contributed by atoms with van der Waals surface area (Å²) in [7, 11) is 0. The van der Waals surface area contributed by atoms with Gasteiger partial charge in [0.15, 0.2) is 0 Å². The molecule has 2 aromatic rings. The molecule has 1 unspecified atom stereocenters. The Bertz CT molecular complexity index is 766. The van der Waals surface area contributed by atoms with E-state index in [4.69, 9.17) is 10.7 Å². The van der Waals surface area contributed by atoms with Crippen LogP contribution < -0.4 is 16.0 Å². The molecule has 3 atom stereocenters. The molecule has 152 valence electrons. The van der Waals surface area contributed by atoms with Crippen LogP contribution >= 0.6 is 0 Å². The number of aliphatic hydroxyl groups excluding tert-OH is 1. The second-order valence-electron chi connectivity index (χ2n) is 8.18. The van der Waals surface area contributed by atoms with E-state index in [0.717, 1.165) is 38.2 Å². The highest BCUT2D eigenvalue weighted by atomic mass is 16.3. The van der Waals surface area contributed by atoms with Crippen LogP contribution in [0.2, 0.25) is 0 Å². The molecule has 1 aliphatic rings. The summed E-state index contributed by atoms with van der Waals surface area (Å²) in [6.45, 7) is 8.63. The summed E-state index contributed by atoms with van der Waals surface area (Å²) in [5.41, 5.74) is 7.13. The van der Waals surface area contributed by atoms with E-state index in [1.165, 1.54) is 0 Å². The maximum atomic E-state index is 10.8. The molecule has 1 saturated heterocycles. The lowest BCUT2D eigenvalue weighted by atomic mass is 9.98. The molecule has 1 fully saturated rings. The van der Waals surface area contributed by atoms with Crippen LogP contribution in [0.3, 0.4) is 0 Å². The second-order valence-corrected chi connectivity index (χ2v) is 8.18. The van der Waals surface area contributed by atoms with Crippen LogP contribution in [0.1, 0.15) is 57.4 Å². The van der Waals surface area contributed by atoms with Crippen molar-refractivity contribution in [3.05, 3.63) is 47.8 Å². The normalized spacial score (nSPS) is 21.1. The Balaban J connectivity index is 1.82. The first-order valence-corrected chi connectivity index (χ1v) is 10.3. The summed E-state index contributed by atoms with van der Waals surface area (Å²) in [6.07, 6.45) is 4.20. The molecule has 6 nitrogen and oxygen atoms in total. The third-order valence-electron chi connectivity index (χ3n) is 5.27. The van der Waals surface area contributed by atoms with Gasteiger partial charge in [0, 0.05) is 36.9 Å². The highest BCUT2D eigenvalue weighted by molar-refractivity contribution is 5.46. The standard InChI is InChI=1S/C22H33N5O/c1-4-7-16-13-27(14-17(25-16)12-15(2)3)20-10-5-9-19(26-20)21(28)18-8-6-11-24-22(18)23/h5-6,8-11,15-17,21,25,28H,4,7,12-14H2,1-3H3,(H2,23,24)/t16-,17+,21?/m1/s1. The van der Waals surface area contributed by atoms with Crippen molar-refractivity contribution < 1.29 is 5.11 Å². The predicted molar refractivity (Wildman–Crippen MR) is 114 cm³/mol. The molecular weight excluding hydrogens is 350 g/mol. The van der Waals surface area contributed by atoms with Gasteiger partial charge in [-0.05, 0) is 37.0 Å². The van der Waals surface area contributed by atoms with Crippen LogP contribution in [-0.4, -0.2) is 40.2 Å². The Kier molecular flexibility index (Phi) is 6.86. The third kappa shape index (κ3) is 5.00. The zero-order valence-electron chi connectivity index (χ0n) is 17.2. The first-order chi connectivity index (χ1) is 13.5. The molecule has 0 amide bonds. The topological polar surface area (TPSA) is 87.3 Å². The number of nitrogen functional groups attached to an aromatic ring is 1. The van der Waals surface area contributed by atoms with Crippen molar-refractivity contribution in [1.82, 2.24) is 15.3 Å². The summed E-state index contributed by atoms with van der Waals surface area (Å²) in [6, 6.07) is 10.3. The van der Waals surface area contributed by atoms with E-state index in [9.17, 15) is 5.11 Å². The second kappa shape index (κ2) is 9.34. The number of aliphatic hydroxyl groups is 1. The van der Waals surface area contributed by atoms with E-state index in [0.29, 0.717) is 35.1 Å². The molecule has 0 spiro atoms. The first kappa shape index (κ1) is 20.6. The third-order valence-corrected chi connectivity index (χ3v) is 5.27. The molecule has 0 aliphatic carbocycles. The highest BCUT2D eigenvalue weighted by Gasteiger charge is 2.27. The molecule has 0 bridgehead atoms. The summed E-state index contributed by atoms with van der Waals surface area (Å²) in [4.78, 5) is 11.2. The van der Waals surface area contributed by atoms with Crippen molar-refractivity contribution in [1.29, 1.82) is 0 Å². The first-order valence-electron chi connectivity index (χ1n) is 10.3. The van der Waals surface area contributed by atoms with Gasteiger partial charge in [0.2, 0.25) is 0 Å². The van der Waals surface area contributed by atoms with Crippen molar-refractivity contribution in [2.24, 2.45) is 5.92 Å². The van der Waals surface area contributed by atoms with E-state index in [2.05, 4.69) is 36.0 Å². The smallest absolute Gasteiger partial charge is 0.129 e. The van der Waals surface area contributed by atoms with E-state index in [-0.39, 0.29) is 0 Å². The Hall–Kier alpha value is -2.18. The van der Waals surface area contributed by atoms with Gasteiger partial charge in [-0.1, -0.05) is 39.3 Å². The van der Waals surface area contributed by atoms with Gasteiger partial charge in [0.1, 0.15) is 17.7 Å². The van der Waals surface area contributed by atoms with Crippen molar-refractivity contribution in [3.8, 4) is 0 Å². The summed E-state index contributed by atoms with van der Waals surface area (Å²) in [5.74, 6) is 1.90. The fourth-order valence-electron chi connectivity index (χ4n) is 4.06. The Morgan fingerprint density at radius 3 is 2.71 bits per heavy atom. The maximum Gasteiger partial charge on any atom is 0.129 e. The summed E-state index contributed by atoms with van der Waals surface area (Å²) < 4.78 is 0. The molecule has 0 radical (unpaired) electrons. The molecule has 0 aromatic carbocycles. The number of pyridine rings is 2. The minimum absolute atomic E-state index is 0.337. The van der Waals surface area contributed by atoms with Gasteiger partial charge in [0.05, 0.1) is 5.69 Å². The molecular formula is C22H33N5O. The lowest BCUT2D eigenvalue weighted by Gasteiger charge is -2.40. The van der Waals surface area contributed by atoms with E-state index in [1.54, 1.807) is 18.3 Å². The fraction of sp³-hybridized carbons (Fsp3) is 0.545. The van der Waals surface area contributed by atoms with Gasteiger partial charge in [-0.25, -0.2) is 9.97 Å². The van der Waals surface area contributed by atoms with Gasteiger partial charge < -0.3 is 21.1 Å². The van der Waals surface area contributed by atoms with Gasteiger partial charge in [0.25, 0.3) is 0 Å². The molecule has 3 rings (SSSR count). The van der Waals surface area contributed by atoms with Gasteiger partial charge in [-0.15, -0.1) is 0 Å². The van der Waals surface area contributed by atoms with Crippen LogP contribution in [-0.2, 0) is 0 Å². The van der Waals surface area contributed by atoms with Crippen LogP contribution in [0.4, 0.5) is 11.6 Å². The lowest BCUT2D eigenvalue weighted by molar-refractivity contribution is 0.215. The van der Waals surface area contributed by atoms with Gasteiger partial charge >= 0.3 is 0 Å². The molecule has 0 saturated carbocycles. The summed E-state index contributed by atoms with van der Waals surface area (Å²) in [5, 5.41) is 14.6. The van der Waals surface area contributed by atoms with Crippen molar-refractivity contribution >= 4 is 11.6 Å². The van der Waals surface area contributed by atoms with Crippen LogP contribution in [0.25, 0.3) is 0 Å². The molecule has 6 heteroatoms. The zero-order valence-corrected chi connectivity index (χ0v) is 17.2. The zero-order chi connectivity index (χ0) is 20.1. The SMILES string of the molecule is CCC[C@@H]1CN(c2cccc(C(O)c3cccnc3N)n2)C[C@H](CC(C)C)N1. The van der Waals surface area contributed by atoms with Crippen LogP contribution in [0, 0.1) is 5.92 Å². The number of aromatic nitrogens is 2. The maximum absolute atomic E-state index is 10.8. The minimum Gasteiger partial charge on any atom is -0.383 e. The molecule has 2 aromatic heterocycles. The Morgan fingerprint density at radius 1 is 1.21 bits per heavy atom. The van der Waals surface area contributed by atoms with E-state index < -0.39 is 6.10 Å². The lowest BCUT2D eigenvalue weighted by Crippen LogP contribution is -2.57. The van der Waals surface area contributed by atoms with E-state index >= 15 is 0 Å². The van der Waals surface area contributed by atoms with E-state index in [1.807, 2.05) is 18.2 Å². The Morgan fingerprint density at radius 2 is 2.00 bits per heavy atom. The van der Waals surface area contributed by atoms with Gasteiger partial charge in [-0.3, -0.25) is 0 Å². The molecule has 4 N–H and O–H groups in total. The number of rotatable bonds is 7. The minimum atomic E-state index is -0.880. The molecule has 28 heavy (non-hydrogen) atoms. The average Bonchev–Trinajstić information content (AvgIpc) is 2.67.